The molecule has 0 saturated heterocycles. The van der Waals surface area contributed by atoms with Crippen molar-refractivity contribution in [1.29, 1.82) is 0 Å². The number of nitrogens with one attached hydrogen (secondary N) is 1. The molecule has 0 aromatic heterocycles. The van der Waals surface area contributed by atoms with E-state index in [0.29, 0.717) is 10.5 Å². The lowest BCUT2D eigenvalue weighted by Crippen LogP contribution is -2.37. The van der Waals surface area contributed by atoms with Gasteiger partial charge in [0.25, 0.3) is 11.8 Å². The van der Waals surface area contributed by atoms with Crippen molar-refractivity contribution in [1.82, 2.24) is 5.32 Å². The largest absolute Gasteiger partial charge is 0.349 e. The fourth-order valence-electron chi connectivity index (χ4n) is 4.12. The Morgan fingerprint density at radius 2 is 1.90 bits per heavy atom. The molecule has 2 amide bonds. The molecule has 1 heterocycles. The van der Waals surface area contributed by atoms with Crippen molar-refractivity contribution in [3.63, 3.8) is 0 Å². The first-order valence-electron chi connectivity index (χ1n) is 10.6. The molecule has 1 N–H and O–H groups in total. The van der Waals surface area contributed by atoms with Crippen molar-refractivity contribution in [2.24, 2.45) is 5.92 Å². The van der Waals surface area contributed by atoms with E-state index in [1.165, 1.54) is 24.6 Å². The normalized spacial score (nSPS) is 22.7. The summed E-state index contributed by atoms with van der Waals surface area (Å²) < 4.78 is 0. The third kappa shape index (κ3) is 4.46. The van der Waals surface area contributed by atoms with Crippen LogP contribution >= 0.6 is 11.8 Å². The first-order valence-corrected chi connectivity index (χ1v) is 11.4. The molecule has 2 aromatic rings. The summed E-state index contributed by atoms with van der Waals surface area (Å²) in [4.78, 5) is 29.0. The summed E-state index contributed by atoms with van der Waals surface area (Å²) in [7, 11) is 1.77. The maximum Gasteiger partial charge on any atom is 0.264 e. The van der Waals surface area contributed by atoms with Gasteiger partial charge in [-0.05, 0) is 68.4 Å². The summed E-state index contributed by atoms with van der Waals surface area (Å²) in [6.07, 6.45) is 6.35. The maximum absolute atomic E-state index is 12.9. The standard InChI is InChI=1S/C25H28N2O2S/c1-16-7-10-20(11-8-16)26-24(28)19-9-12-22-21(15-19)27(3)25(29)23(30-22)14-18-6-4-5-17(2)13-18/h4-6,9,12-16,20H,7-8,10-11H2,1-3H3,(H,26,28)/b23-14-. The van der Waals surface area contributed by atoms with Crippen LogP contribution in [-0.4, -0.2) is 24.9 Å². The number of hydrogen-bond donors (Lipinski definition) is 1. The van der Waals surface area contributed by atoms with E-state index in [2.05, 4.69) is 18.3 Å². The molecule has 0 bridgehead atoms. The van der Waals surface area contributed by atoms with Crippen LogP contribution in [0.15, 0.2) is 52.3 Å². The molecular weight excluding hydrogens is 392 g/mol. The number of hydrogen-bond acceptors (Lipinski definition) is 3. The highest BCUT2D eigenvalue weighted by molar-refractivity contribution is 8.04. The third-order valence-corrected chi connectivity index (χ3v) is 7.09. The summed E-state index contributed by atoms with van der Waals surface area (Å²) in [6.45, 7) is 4.31. The molecule has 1 saturated carbocycles. The summed E-state index contributed by atoms with van der Waals surface area (Å²) in [5, 5.41) is 3.17. The van der Waals surface area contributed by atoms with Gasteiger partial charge in [-0.15, -0.1) is 0 Å². The Balaban J connectivity index is 1.53. The number of aryl methyl sites for hydroxylation is 1. The average molecular weight is 421 g/mol. The Hall–Kier alpha value is -2.53. The molecule has 2 aromatic carbocycles. The molecule has 5 heteroatoms. The predicted molar refractivity (Wildman–Crippen MR) is 124 cm³/mol. The lowest BCUT2D eigenvalue weighted by atomic mass is 9.87. The van der Waals surface area contributed by atoms with Gasteiger partial charge in [-0.25, -0.2) is 0 Å². The van der Waals surface area contributed by atoms with E-state index in [0.717, 1.165) is 40.5 Å². The zero-order valence-electron chi connectivity index (χ0n) is 17.8. The van der Waals surface area contributed by atoms with Crippen molar-refractivity contribution >= 4 is 35.3 Å². The van der Waals surface area contributed by atoms with Gasteiger partial charge in [-0.1, -0.05) is 48.5 Å². The zero-order valence-corrected chi connectivity index (χ0v) is 18.6. The fourth-order valence-corrected chi connectivity index (χ4v) is 5.21. The highest BCUT2D eigenvalue weighted by Crippen LogP contribution is 2.42. The first-order chi connectivity index (χ1) is 14.4. The smallest absolute Gasteiger partial charge is 0.264 e. The summed E-state index contributed by atoms with van der Waals surface area (Å²) in [5.74, 6) is 0.651. The van der Waals surface area contributed by atoms with E-state index < -0.39 is 0 Å². The monoisotopic (exact) mass is 420 g/mol. The number of carbonyl (C=O) groups is 2. The number of benzene rings is 2. The van der Waals surface area contributed by atoms with Gasteiger partial charge in [0.15, 0.2) is 0 Å². The van der Waals surface area contributed by atoms with Gasteiger partial charge in [0.1, 0.15) is 0 Å². The van der Waals surface area contributed by atoms with Crippen LogP contribution in [0.3, 0.4) is 0 Å². The van der Waals surface area contributed by atoms with Crippen LogP contribution in [0.5, 0.6) is 0 Å². The molecule has 0 radical (unpaired) electrons. The summed E-state index contributed by atoms with van der Waals surface area (Å²) in [6, 6.07) is 14.0. The number of nitrogens with zero attached hydrogens (tertiary/aromatic N) is 1. The first kappa shape index (κ1) is 20.7. The topological polar surface area (TPSA) is 49.4 Å². The van der Waals surface area contributed by atoms with Gasteiger partial charge in [-0.2, -0.15) is 0 Å². The molecule has 30 heavy (non-hydrogen) atoms. The number of likely N-dealkylation sites (N-methyl/N-ethyl adjacent to an activating group) is 1. The van der Waals surface area contributed by atoms with E-state index in [9.17, 15) is 9.59 Å². The second kappa shape index (κ2) is 8.68. The Bertz CT molecular complexity index is 1010. The minimum Gasteiger partial charge on any atom is -0.349 e. The number of amides is 2. The van der Waals surface area contributed by atoms with Crippen LogP contribution in [-0.2, 0) is 4.79 Å². The van der Waals surface area contributed by atoms with Crippen molar-refractivity contribution in [2.75, 3.05) is 11.9 Å². The van der Waals surface area contributed by atoms with Crippen LogP contribution in [0.1, 0.15) is 54.1 Å². The van der Waals surface area contributed by atoms with Gasteiger partial charge in [-0.3, -0.25) is 9.59 Å². The highest BCUT2D eigenvalue weighted by Gasteiger charge is 2.28. The molecule has 1 aliphatic heterocycles. The van der Waals surface area contributed by atoms with Crippen LogP contribution in [0.25, 0.3) is 6.08 Å². The molecule has 2 aliphatic rings. The Morgan fingerprint density at radius 3 is 2.63 bits per heavy atom. The number of carbonyl (C=O) groups excluding carboxylic acids is 2. The Kier molecular flexibility index (Phi) is 6.00. The number of anilines is 1. The number of fused-ring (bicyclic) bond motifs is 1. The van der Waals surface area contributed by atoms with E-state index in [4.69, 9.17) is 0 Å². The molecule has 156 valence electrons. The van der Waals surface area contributed by atoms with Crippen molar-refractivity contribution < 1.29 is 9.59 Å². The summed E-state index contributed by atoms with van der Waals surface area (Å²) >= 11 is 1.46. The van der Waals surface area contributed by atoms with Gasteiger partial charge in [0.2, 0.25) is 0 Å². The quantitative estimate of drug-likeness (QED) is 0.675. The molecule has 0 unspecified atom stereocenters. The summed E-state index contributed by atoms with van der Waals surface area (Å²) in [5.41, 5.74) is 3.57. The van der Waals surface area contributed by atoms with Crippen LogP contribution in [0, 0.1) is 12.8 Å². The van der Waals surface area contributed by atoms with E-state index in [1.807, 2.05) is 49.4 Å². The number of rotatable bonds is 3. The van der Waals surface area contributed by atoms with Crippen molar-refractivity contribution in [3.8, 4) is 0 Å². The third-order valence-electron chi connectivity index (χ3n) is 6.01. The molecule has 0 atom stereocenters. The van der Waals surface area contributed by atoms with Gasteiger partial charge in [0, 0.05) is 23.5 Å². The second-order valence-corrected chi connectivity index (χ2v) is 9.59. The molecule has 1 aliphatic carbocycles. The molecule has 4 nitrogen and oxygen atoms in total. The lowest BCUT2D eigenvalue weighted by Gasteiger charge is -2.28. The molecular formula is C25H28N2O2S. The molecule has 4 rings (SSSR count). The van der Waals surface area contributed by atoms with Crippen LogP contribution in [0.2, 0.25) is 0 Å². The van der Waals surface area contributed by atoms with Crippen LogP contribution < -0.4 is 10.2 Å². The van der Waals surface area contributed by atoms with Gasteiger partial charge in [0.05, 0.1) is 10.6 Å². The zero-order chi connectivity index (χ0) is 21.3. The average Bonchev–Trinajstić information content (AvgIpc) is 2.73. The molecule has 0 spiro atoms. The van der Waals surface area contributed by atoms with Crippen LogP contribution in [0.4, 0.5) is 5.69 Å². The van der Waals surface area contributed by atoms with Gasteiger partial charge >= 0.3 is 0 Å². The molecule has 1 fully saturated rings. The van der Waals surface area contributed by atoms with E-state index >= 15 is 0 Å². The number of thioether (sulfide) groups is 1. The Labute approximate surface area is 182 Å². The highest BCUT2D eigenvalue weighted by atomic mass is 32.2. The fraction of sp³-hybridized carbons (Fsp3) is 0.360. The Morgan fingerprint density at radius 1 is 1.13 bits per heavy atom. The maximum atomic E-state index is 12.9. The van der Waals surface area contributed by atoms with Crippen molar-refractivity contribution in [3.05, 3.63) is 64.1 Å². The predicted octanol–water partition coefficient (Wildman–Crippen LogP) is 5.41. The van der Waals surface area contributed by atoms with E-state index in [1.54, 1.807) is 11.9 Å². The van der Waals surface area contributed by atoms with E-state index in [-0.39, 0.29) is 17.9 Å². The lowest BCUT2D eigenvalue weighted by molar-refractivity contribution is -0.114. The second-order valence-electron chi connectivity index (χ2n) is 8.50. The van der Waals surface area contributed by atoms with Gasteiger partial charge < -0.3 is 10.2 Å². The SMILES string of the molecule is Cc1cccc(/C=C2\Sc3ccc(C(=O)NC4CCC(C)CC4)cc3N(C)C2=O)c1. The van der Waals surface area contributed by atoms with Crippen molar-refractivity contribution in [2.45, 2.75) is 50.5 Å². The minimum absolute atomic E-state index is 0.0483. The minimum atomic E-state index is -0.0516.